The van der Waals surface area contributed by atoms with Gasteiger partial charge in [-0.1, -0.05) is 57.8 Å². The van der Waals surface area contributed by atoms with Gasteiger partial charge in [-0.2, -0.15) is 0 Å². The van der Waals surface area contributed by atoms with Crippen molar-refractivity contribution in [1.82, 2.24) is 5.32 Å². The Morgan fingerprint density at radius 3 is 1.28 bits per heavy atom. The maximum absolute atomic E-state index is 3.72. The second kappa shape index (κ2) is 8.19. The zero-order valence-corrected chi connectivity index (χ0v) is 12.4. The molecule has 2 saturated carbocycles. The van der Waals surface area contributed by atoms with Crippen LogP contribution in [-0.2, 0) is 0 Å². The lowest BCUT2D eigenvalue weighted by Crippen LogP contribution is -2.40. The SMILES string of the molecule is CNC(C1CCCCCCC1)C1CCCCCC1. The van der Waals surface area contributed by atoms with E-state index in [1.165, 1.54) is 83.5 Å². The third-order valence-electron chi connectivity index (χ3n) is 5.40. The Morgan fingerprint density at radius 1 is 0.611 bits per heavy atom. The molecule has 2 fully saturated rings. The summed E-state index contributed by atoms with van der Waals surface area (Å²) in [4.78, 5) is 0. The molecule has 1 N–H and O–H groups in total. The third kappa shape index (κ3) is 4.26. The van der Waals surface area contributed by atoms with Crippen LogP contribution < -0.4 is 5.32 Å². The van der Waals surface area contributed by atoms with Crippen molar-refractivity contribution in [3.63, 3.8) is 0 Å². The molecule has 2 aliphatic rings. The molecule has 0 aromatic rings. The van der Waals surface area contributed by atoms with E-state index in [0.29, 0.717) is 0 Å². The van der Waals surface area contributed by atoms with Gasteiger partial charge in [0.15, 0.2) is 0 Å². The minimum absolute atomic E-state index is 0.821. The zero-order valence-electron chi connectivity index (χ0n) is 12.4. The van der Waals surface area contributed by atoms with E-state index < -0.39 is 0 Å². The van der Waals surface area contributed by atoms with E-state index in [4.69, 9.17) is 0 Å². The quantitative estimate of drug-likeness (QED) is 0.703. The summed E-state index contributed by atoms with van der Waals surface area (Å²) in [6, 6.07) is 0.821. The Morgan fingerprint density at radius 2 is 0.944 bits per heavy atom. The lowest BCUT2D eigenvalue weighted by Gasteiger charge is -2.34. The summed E-state index contributed by atoms with van der Waals surface area (Å²) in [6.45, 7) is 0. The molecule has 0 heterocycles. The van der Waals surface area contributed by atoms with Gasteiger partial charge in [-0.05, 0) is 44.6 Å². The van der Waals surface area contributed by atoms with Gasteiger partial charge in [-0.15, -0.1) is 0 Å². The molecule has 0 aromatic heterocycles. The fourth-order valence-electron chi connectivity index (χ4n) is 4.37. The van der Waals surface area contributed by atoms with Gasteiger partial charge >= 0.3 is 0 Å². The molecular formula is C17H33N. The van der Waals surface area contributed by atoms with Crippen LogP contribution in [0.25, 0.3) is 0 Å². The minimum Gasteiger partial charge on any atom is -0.316 e. The van der Waals surface area contributed by atoms with E-state index in [1.54, 1.807) is 0 Å². The van der Waals surface area contributed by atoms with Crippen molar-refractivity contribution >= 4 is 0 Å². The molecule has 18 heavy (non-hydrogen) atoms. The molecule has 0 amide bonds. The minimum atomic E-state index is 0.821. The molecule has 0 bridgehead atoms. The molecule has 2 rings (SSSR count). The molecule has 0 aromatic carbocycles. The van der Waals surface area contributed by atoms with E-state index in [2.05, 4.69) is 12.4 Å². The topological polar surface area (TPSA) is 12.0 Å². The van der Waals surface area contributed by atoms with Crippen molar-refractivity contribution < 1.29 is 0 Å². The van der Waals surface area contributed by atoms with Crippen LogP contribution >= 0.6 is 0 Å². The fourth-order valence-corrected chi connectivity index (χ4v) is 4.37. The Balaban J connectivity index is 1.91. The summed E-state index contributed by atoms with van der Waals surface area (Å²) >= 11 is 0. The summed E-state index contributed by atoms with van der Waals surface area (Å²) in [5.41, 5.74) is 0. The number of hydrogen-bond acceptors (Lipinski definition) is 1. The predicted octanol–water partition coefficient (Wildman–Crippen LogP) is 4.91. The Bertz CT molecular complexity index is 198. The third-order valence-corrected chi connectivity index (χ3v) is 5.40. The molecule has 1 nitrogen and oxygen atoms in total. The van der Waals surface area contributed by atoms with Gasteiger partial charge in [0.2, 0.25) is 0 Å². The van der Waals surface area contributed by atoms with E-state index in [-0.39, 0.29) is 0 Å². The van der Waals surface area contributed by atoms with Crippen LogP contribution in [0.3, 0.4) is 0 Å². The molecule has 0 spiro atoms. The lowest BCUT2D eigenvalue weighted by atomic mass is 9.78. The molecule has 0 saturated heterocycles. The second-order valence-corrected chi connectivity index (χ2v) is 6.67. The van der Waals surface area contributed by atoms with Gasteiger partial charge in [0.1, 0.15) is 0 Å². The molecule has 0 aliphatic heterocycles. The zero-order chi connectivity index (χ0) is 12.6. The molecular weight excluding hydrogens is 218 g/mol. The Labute approximate surface area is 114 Å². The summed E-state index contributed by atoms with van der Waals surface area (Å²) < 4.78 is 0. The summed E-state index contributed by atoms with van der Waals surface area (Å²) in [5.74, 6) is 1.94. The summed E-state index contributed by atoms with van der Waals surface area (Å²) in [6.07, 6.45) is 19.3. The van der Waals surface area contributed by atoms with Crippen LogP contribution in [0.1, 0.15) is 83.5 Å². The highest BCUT2D eigenvalue weighted by molar-refractivity contribution is 4.84. The molecule has 2 aliphatic carbocycles. The molecule has 1 atom stereocenters. The van der Waals surface area contributed by atoms with Crippen molar-refractivity contribution in [3.05, 3.63) is 0 Å². The molecule has 0 radical (unpaired) electrons. The highest BCUT2D eigenvalue weighted by Gasteiger charge is 2.28. The Hall–Kier alpha value is -0.0400. The average molecular weight is 251 g/mol. The normalized spacial score (nSPS) is 27.2. The van der Waals surface area contributed by atoms with Crippen LogP contribution in [0.4, 0.5) is 0 Å². The first-order valence-corrected chi connectivity index (χ1v) is 8.59. The molecule has 1 unspecified atom stereocenters. The van der Waals surface area contributed by atoms with Crippen molar-refractivity contribution in [3.8, 4) is 0 Å². The molecule has 106 valence electrons. The van der Waals surface area contributed by atoms with Crippen molar-refractivity contribution in [2.45, 2.75) is 89.5 Å². The van der Waals surface area contributed by atoms with Crippen LogP contribution in [0.2, 0.25) is 0 Å². The van der Waals surface area contributed by atoms with E-state index in [9.17, 15) is 0 Å². The number of rotatable bonds is 3. The van der Waals surface area contributed by atoms with Crippen molar-refractivity contribution in [1.29, 1.82) is 0 Å². The van der Waals surface area contributed by atoms with Gasteiger partial charge in [0.05, 0.1) is 0 Å². The van der Waals surface area contributed by atoms with Crippen LogP contribution in [0.5, 0.6) is 0 Å². The van der Waals surface area contributed by atoms with Gasteiger partial charge in [-0.3, -0.25) is 0 Å². The van der Waals surface area contributed by atoms with Gasteiger partial charge in [0.25, 0.3) is 0 Å². The first kappa shape index (κ1) is 14.4. The highest BCUT2D eigenvalue weighted by Crippen LogP contribution is 2.33. The van der Waals surface area contributed by atoms with Gasteiger partial charge in [-0.25, -0.2) is 0 Å². The van der Waals surface area contributed by atoms with Gasteiger partial charge in [0, 0.05) is 6.04 Å². The van der Waals surface area contributed by atoms with Crippen LogP contribution in [0, 0.1) is 11.8 Å². The maximum atomic E-state index is 3.72. The molecule has 1 heteroatoms. The number of hydrogen-bond donors (Lipinski definition) is 1. The maximum Gasteiger partial charge on any atom is 0.0121 e. The standard InChI is InChI=1S/C17H33N/c1-18-17(16-13-9-5-6-10-14-16)15-11-7-3-2-4-8-12-15/h15-18H,2-14H2,1H3. The first-order chi connectivity index (χ1) is 8.92. The van der Waals surface area contributed by atoms with Crippen molar-refractivity contribution in [2.24, 2.45) is 11.8 Å². The summed E-state index contributed by atoms with van der Waals surface area (Å²) in [5, 5.41) is 3.72. The number of nitrogens with one attached hydrogen (secondary N) is 1. The van der Waals surface area contributed by atoms with Crippen molar-refractivity contribution in [2.75, 3.05) is 7.05 Å². The van der Waals surface area contributed by atoms with E-state index in [1.807, 2.05) is 0 Å². The second-order valence-electron chi connectivity index (χ2n) is 6.67. The monoisotopic (exact) mass is 251 g/mol. The Kier molecular flexibility index (Phi) is 6.54. The highest BCUT2D eigenvalue weighted by atomic mass is 14.9. The fraction of sp³-hybridized carbons (Fsp3) is 1.00. The van der Waals surface area contributed by atoms with E-state index in [0.717, 1.165) is 17.9 Å². The summed E-state index contributed by atoms with van der Waals surface area (Å²) in [7, 11) is 2.22. The van der Waals surface area contributed by atoms with Gasteiger partial charge < -0.3 is 5.32 Å². The predicted molar refractivity (Wildman–Crippen MR) is 79.8 cm³/mol. The van der Waals surface area contributed by atoms with E-state index >= 15 is 0 Å². The van der Waals surface area contributed by atoms with Crippen LogP contribution in [0.15, 0.2) is 0 Å². The van der Waals surface area contributed by atoms with Crippen LogP contribution in [-0.4, -0.2) is 13.1 Å². The average Bonchev–Trinajstić information content (AvgIpc) is 2.61. The smallest absolute Gasteiger partial charge is 0.0121 e. The lowest BCUT2D eigenvalue weighted by molar-refractivity contribution is 0.211. The first-order valence-electron chi connectivity index (χ1n) is 8.59. The largest absolute Gasteiger partial charge is 0.316 e.